The van der Waals surface area contributed by atoms with Gasteiger partial charge in [0.1, 0.15) is 4.83 Å². The molecule has 4 aromatic heterocycles. The third kappa shape index (κ3) is 3.47. The summed E-state index contributed by atoms with van der Waals surface area (Å²) in [6, 6.07) is 5.67. The molecule has 4 rings (SSSR count). The number of rotatable bonds is 5. The maximum Gasteiger partial charge on any atom is 0.263 e. The third-order valence-electron chi connectivity index (χ3n) is 4.47. The first-order valence-electron chi connectivity index (χ1n) is 8.81. The molecule has 1 atom stereocenters. The highest BCUT2D eigenvalue weighted by Crippen LogP contribution is 2.35. The van der Waals surface area contributed by atoms with Gasteiger partial charge in [-0.05, 0) is 38.5 Å². The number of pyridine rings is 1. The van der Waals surface area contributed by atoms with E-state index in [4.69, 9.17) is 9.40 Å². The number of aryl methyl sites for hydroxylation is 3. The summed E-state index contributed by atoms with van der Waals surface area (Å²) in [7, 11) is 0. The molecule has 7 nitrogen and oxygen atoms in total. The quantitative estimate of drug-likeness (QED) is 0.360. The van der Waals surface area contributed by atoms with Crippen molar-refractivity contribution in [3.8, 4) is 0 Å². The molecule has 0 aliphatic carbocycles. The summed E-state index contributed by atoms with van der Waals surface area (Å²) in [4.78, 5) is 24.4. The first-order chi connectivity index (χ1) is 13.4. The number of thioether (sulfide) groups is 1. The minimum Gasteiger partial charge on any atom is -0.424 e. The van der Waals surface area contributed by atoms with Crippen LogP contribution in [0.2, 0.25) is 0 Å². The van der Waals surface area contributed by atoms with Crippen LogP contribution in [0, 0.1) is 20.8 Å². The van der Waals surface area contributed by atoms with Crippen molar-refractivity contribution in [3.05, 3.63) is 62.7 Å². The normalized spacial score (nSPS) is 12.6. The number of aromatic nitrogens is 5. The minimum atomic E-state index is -0.136. The fraction of sp³-hybridized carbons (Fsp3) is 0.316. The van der Waals surface area contributed by atoms with Crippen molar-refractivity contribution in [2.75, 3.05) is 0 Å². The predicted octanol–water partition coefficient (Wildman–Crippen LogP) is 4.06. The van der Waals surface area contributed by atoms with Gasteiger partial charge >= 0.3 is 0 Å². The molecule has 0 aromatic carbocycles. The Morgan fingerprint density at radius 1 is 1.25 bits per heavy atom. The van der Waals surface area contributed by atoms with Crippen LogP contribution in [-0.2, 0) is 6.54 Å². The van der Waals surface area contributed by atoms with Crippen molar-refractivity contribution in [1.29, 1.82) is 0 Å². The molecule has 1 unspecified atom stereocenters. The number of nitrogens with zero attached hydrogens (tertiary/aromatic N) is 5. The molecule has 28 heavy (non-hydrogen) atoms. The van der Waals surface area contributed by atoms with Crippen LogP contribution in [0.5, 0.6) is 0 Å². The molecule has 4 heterocycles. The van der Waals surface area contributed by atoms with Crippen LogP contribution >= 0.6 is 23.1 Å². The highest BCUT2D eigenvalue weighted by atomic mass is 32.2. The van der Waals surface area contributed by atoms with Gasteiger partial charge in [0.15, 0.2) is 5.16 Å². The molecule has 0 radical (unpaired) electrons. The second kappa shape index (κ2) is 7.48. The maximum atomic E-state index is 13.3. The monoisotopic (exact) mass is 413 g/mol. The van der Waals surface area contributed by atoms with Gasteiger partial charge in [-0.1, -0.05) is 17.8 Å². The van der Waals surface area contributed by atoms with E-state index in [0.717, 1.165) is 21.0 Å². The molecule has 0 saturated heterocycles. The van der Waals surface area contributed by atoms with E-state index in [9.17, 15) is 4.79 Å². The lowest BCUT2D eigenvalue weighted by Crippen LogP contribution is -2.24. The van der Waals surface area contributed by atoms with Crippen LogP contribution in [0.15, 0.2) is 38.8 Å². The zero-order chi connectivity index (χ0) is 19.8. The van der Waals surface area contributed by atoms with E-state index in [1.165, 1.54) is 11.8 Å². The molecule has 0 fully saturated rings. The first kappa shape index (κ1) is 18.8. The molecule has 0 saturated carbocycles. The van der Waals surface area contributed by atoms with Crippen LogP contribution in [0.1, 0.15) is 40.1 Å². The lowest BCUT2D eigenvalue weighted by Gasteiger charge is -2.14. The van der Waals surface area contributed by atoms with E-state index >= 15 is 0 Å². The first-order valence-corrected chi connectivity index (χ1v) is 10.5. The minimum absolute atomic E-state index is 0.0473. The summed E-state index contributed by atoms with van der Waals surface area (Å²) >= 11 is 2.98. The summed E-state index contributed by atoms with van der Waals surface area (Å²) < 4.78 is 7.24. The summed E-state index contributed by atoms with van der Waals surface area (Å²) in [6.45, 7) is 8.06. The Morgan fingerprint density at radius 2 is 2.07 bits per heavy atom. The van der Waals surface area contributed by atoms with Crippen molar-refractivity contribution < 1.29 is 4.42 Å². The fourth-order valence-electron chi connectivity index (χ4n) is 2.88. The largest absolute Gasteiger partial charge is 0.424 e. The van der Waals surface area contributed by atoms with Gasteiger partial charge in [-0.3, -0.25) is 14.3 Å². The predicted molar refractivity (Wildman–Crippen MR) is 110 cm³/mol. The summed E-state index contributed by atoms with van der Waals surface area (Å²) in [5, 5.41) is 9.16. The Bertz CT molecular complexity index is 1200. The molecular formula is C19H19N5O2S2. The van der Waals surface area contributed by atoms with Gasteiger partial charge in [0.2, 0.25) is 11.8 Å². The van der Waals surface area contributed by atoms with Crippen molar-refractivity contribution >= 4 is 33.3 Å². The second-order valence-electron chi connectivity index (χ2n) is 6.49. The zero-order valence-electron chi connectivity index (χ0n) is 16.0. The van der Waals surface area contributed by atoms with Gasteiger partial charge in [-0.15, -0.1) is 21.5 Å². The molecule has 0 spiro atoms. The molecule has 0 amide bonds. The van der Waals surface area contributed by atoms with Crippen LogP contribution in [-0.4, -0.2) is 24.7 Å². The van der Waals surface area contributed by atoms with Gasteiger partial charge in [0.05, 0.1) is 22.9 Å². The molecule has 9 heteroatoms. The molecule has 0 aliphatic rings. The van der Waals surface area contributed by atoms with Gasteiger partial charge in [0.25, 0.3) is 5.56 Å². The van der Waals surface area contributed by atoms with Crippen molar-refractivity contribution in [2.24, 2.45) is 0 Å². The topological polar surface area (TPSA) is 86.7 Å². The lowest BCUT2D eigenvalue weighted by atomic mass is 10.2. The van der Waals surface area contributed by atoms with Crippen LogP contribution < -0.4 is 5.56 Å². The Balaban J connectivity index is 1.83. The summed E-state index contributed by atoms with van der Waals surface area (Å²) in [6.07, 6.45) is 1.73. The van der Waals surface area contributed by atoms with Crippen LogP contribution in [0.4, 0.5) is 0 Å². The van der Waals surface area contributed by atoms with Gasteiger partial charge in [-0.2, -0.15) is 0 Å². The standard InChI is InChI=1S/C19H19N5O2S2/c1-10-11(2)27-17-15(10)18(25)24(9-14-7-5-6-8-20-14)19(21-17)28-12(3)16-23-22-13(4)26-16/h5-8,12H,9H2,1-4H3. The molecular weight excluding hydrogens is 394 g/mol. The lowest BCUT2D eigenvalue weighted by molar-refractivity contribution is 0.469. The van der Waals surface area contributed by atoms with E-state index in [-0.39, 0.29) is 10.8 Å². The van der Waals surface area contributed by atoms with Crippen molar-refractivity contribution in [1.82, 2.24) is 24.7 Å². The summed E-state index contributed by atoms with van der Waals surface area (Å²) in [5.74, 6) is 1.03. The van der Waals surface area contributed by atoms with E-state index in [1.54, 1.807) is 29.0 Å². The smallest absolute Gasteiger partial charge is 0.263 e. The van der Waals surface area contributed by atoms with Crippen molar-refractivity contribution in [3.63, 3.8) is 0 Å². The Hall–Kier alpha value is -2.52. The maximum absolute atomic E-state index is 13.3. The molecule has 144 valence electrons. The van der Waals surface area contributed by atoms with Gasteiger partial charge < -0.3 is 4.42 Å². The Labute approximate surface area is 169 Å². The van der Waals surface area contributed by atoms with Crippen LogP contribution in [0.25, 0.3) is 10.2 Å². The number of hydrogen-bond donors (Lipinski definition) is 0. The highest BCUT2D eigenvalue weighted by Gasteiger charge is 2.21. The molecule has 0 bridgehead atoms. The van der Waals surface area contributed by atoms with Gasteiger partial charge in [-0.25, -0.2) is 4.98 Å². The zero-order valence-corrected chi connectivity index (χ0v) is 17.6. The van der Waals surface area contributed by atoms with E-state index in [1.807, 2.05) is 39.0 Å². The molecule has 4 aromatic rings. The Morgan fingerprint density at radius 3 is 2.75 bits per heavy atom. The van der Waals surface area contributed by atoms with Gasteiger partial charge in [0, 0.05) is 18.0 Å². The fourth-order valence-corrected chi connectivity index (χ4v) is 4.88. The highest BCUT2D eigenvalue weighted by molar-refractivity contribution is 7.99. The van der Waals surface area contributed by atoms with E-state index in [0.29, 0.717) is 28.9 Å². The third-order valence-corrected chi connectivity index (χ3v) is 6.65. The average Bonchev–Trinajstić information content (AvgIpc) is 3.23. The van der Waals surface area contributed by atoms with Crippen LogP contribution in [0.3, 0.4) is 0 Å². The average molecular weight is 414 g/mol. The van der Waals surface area contributed by atoms with Crippen molar-refractivity contribution in [2.45, 2.75) is 44.6 Å². The van der Waals surface area contributed by atoms with E-state index in [2.05, 4.69) is 15.2 Å². The summed E-state index contributed by atoms with van der Waals surface area (Å²) in [5.41, 5.74) is 1.75. The number of thiophene rings is 1. The molecule has 0 aliphatic heterocycles. The SMILES string of the molecule is Cc1nnc(C(C)Sc2nc3sc(C)c(C)c3c(=O)n2Cc2ccccn2)o1. The van der Waals surface area contributed by atoms with E-state index < -0.39 is 0 Å². The number of fused-ring (bicyclic) bond motifs is 1. The second-order valence-corrected chi connectivity index (χ2v) is 9.00. The molecule has 0 N–H and O–H groups in total. The Kier molecular flexibility index (Phi) is 5.03. The number of hydrogen-bond acceptors (Lipinski definition) is 8.